The van der Waals surface area contributed by atoms with Crippen LogP contribution in [0.2, 0.25) is 5.02 Å². The number of hydrogen-bond acceptors (Lipinski definition) is 4. The molecule has 0 aromatic heterocycles. The van der Waals surface area contributed by atoms with Crippen LogP contribution in [0, 0.1) is 0 Å². The molecule has 0 radical (unpaired) electrons. The minimum atomic E-state index is -5.72. The summed E-state index contributed by atoms with van der Waals surface area (Å²) < 4.78 is 66.2. The first-order valence-corrected chi connectivity index (χ1v) is 5.80. The summed E-state index contributed by atoms with van der Waals surface area (Å²) in [5.41, 5.74) is -5.50. The molecule has 96 valence electrons. The first-order chi connectivity index (χ1) is 7.67. The quantitative estimate of drug-likeness (QED) is 0.634. The largest absolute Gasteiger partial charge is 0.534 e. The molecule has 0 aliphatic heterocycles. The predicted octanol–water partition coefficient (Wildman–Crippen LogP) is 2.58. The SMILES string of the molecule is COc1cc(Cl)ccc1OS(=O)(=O)C(F)(F)F. The molecule has 0 spiro atoms. The Morgan fingerprint density at radius 1 is 1.24 bits per heavy atom. The Labute approximate surface area is 100 Å². The molecular formula is C8H6ClF3O4S. The summed E-state index contributed by atoms with van der Waals surface area (Å²) in [6, 6.07) is 3.26. The smallest absolute Gasteiger partial charge is 0.493 e. The zero-order valence-electron chi connectivity index (χ0n) is 8.29. The topological polar surface area (TPSA) is 52.6 Å². The molecule has 1 aromatic rings. The summed E-state index contributed by atoms with van der Waals surface area (Å²) in [4.78, 5) is 0. The first-order valence-electron chi connectivity index (χ1n) is 4.01. The lowest BCUT2D eigenvalue weighted by atomic mass is 10.3. The number of alkyl halides is 3. The zero-order valence-corrected chi connectivity index (χ0v) is 9.86. The number of methoxy groups -OCH3 is 1. The van der Waals surface area contributed by atoms with Crippen molar-refractivity contribution in [1.82, 2.24) is 0 Å². The molecule has 0 amide bonds. The number of halogens is 4. The van der Waals surface area contributed by atoms with Crippen LogP contribution < -0.4 is 8.92 Å². The molecular weight excluding hydrogens is 285 g/mol. The van der Waals surface area contributed by atoms with Gasteiger partial charge in [0.25, 0.3) is 0 Å². The first kappa shape index (κ1) is 13.9. The van der Waals surface area contributed by atoms with Gasteiger partial charge in [-0.25, -0.2) is 0 Å². The van der Waals surface area contributed by atoms with Crippen molar-refractivity contribution in [3.05, 3.63) is 23.2 Å². The van der Waals surface area contributed by atoms with Gasteiger partial charge in [0.1, 0.15) is 0 Å². The van der Waals surface area contributed by atoms with Gasteiger partial charge >= 0.3 is 15.6 Å². The van der Waals surface area contributed by atoms with Gasteiger partial charge in [0.15, 0.2) is 11.5 Å². The van der Waals surface area contributed by atoms with Gasteiger partial charge in [-0.15, -0.1) is 0 Å². The van der Waals surface area contributed by atoms with E-state index in [2.05, 4.69) is 8.92 Å². The van der Waals surface area contributed by atoms with Crippen LogP contribution in [0.15, 0.2) is 18.2 Å². The Bertz CT molecular complexity index is 512. The van der Waals surface area contributed by atoms with Crippen molar-refractivity contribution in [2.75, 3.05) is 7.11 Å². The van der Waals surface area contributed by atoms with Gasteiger partial charge in [0, 0.05) is 11.1 Å². The average Bonchev–Trinajstić information content (AvgIpc) is 2.18. The molecule has 1 aromatic carbocycles. The maximum atomic E-state index is 12.1. The van der Waals surface area contributed by atoms with E-state index < -0.39 is 21.4 Å². The van der Waals surface area contributed by atoms with E-state index in [0.717, 1.165) is 19.2 Å². The highest BCUT2D eigenvalue weighted by atomic mass is 35.5. The Hall–Kier alpha value is -1.15. The van der Waals surface area contributed by atoms with Crippen molar-refractivity contribution >= 4 is 21.7 Å². The molecule has 9 heteroatoms. The van der Waals surface area contributed by atoms with Gasteiger partial charge in [-0.1, -0.05) is 11.6 Å². The van der Waals surface area contributed by atoms with Gasteiger partial charge in [0.2, 0.25) is 0 Å². The van der Waals surface area contributed by atoms with Gasteiger partial charge in [0.05, 0.1) is 7.11 Å². The van der Waals surface area contributed by atoms with Crippen LogP contribution in [0.1, 0.15) is 0 Å². The molecule has 0 bridgehead atoms. The van der Waals surface area contributed by atoms with E-state index in [-0.39, 0.29) is 10.8 Å². The van der Waals surface area contributed by atoms with Gasteiger partial charge in [-0.2, -0.15) is 21.6 Å². The highest BCUT2D eigenvalue weighted by Gasteiger charge is 2.48. The molecule has 0 atom stereocenters. The van der Waals surface area contributed by atoms with E-state index in [1.54, 1.807) is 0 Å². The van der Waals surface area contributed by atoms with Gasteiger partial charge in [-0.3, -0.25) is 0 Å². The van der Waals surface area contributed by atoms with E-state index in [1.807, 2.05) is 0 Å². The predicted molar refractivity (Wildman–Crippen MR) is 53.6 cm³/mol. The zero-order chi connectivity index (χ0) is 13.3. The maximum Gasteiger partial charge on any atom is 0.534 e. The van der Waals surface area contributed by atoms with E-state index in [9.17, 15) is 21.6 Å². The van der Waals surface area contributed by atoms with Crippen molar-refractivity contribution in [3.8, 4) is 11.5 Å². The Morgan fingerprint density at radius 3 is 2.29 bits per heavy atom. The second kappa shape index (κ2) is 4.61. The molecule has 0 saturated heterocycles. The standard InChI is InChI=1S/C8H6ClF3O4S/c1-15-7-4-5(9)2-3-6(7)16-17(13,14)8(10,11)12/h2-4H,1H3. The molecule has 4 nitrogen and oxygen atoms in total. The second-order valence-electron chi connectivity index (χ2n) is 2.78. The number of ether oxygens (including phenoxy) is 1. The molecule has 1 rings (SSSR count). The highest BCUT2D eigenvalue weighted by Crippen LogP contribution is 2.34. The van der Waals surface area contributed by atoms with Gasteiger partial charge in [-0.05, 0) is 12.1 Å². The van der Waals surface area contributed by atoms with E-state index in [0.29, 0.717) is 0 Å². The van der Waals surface area contributed by atoms with Crippen molar-refractivity contribution in [3.63, 3.8) is 0 Å². The number of hydrogen-bond donors (Lipinski definition) is 0. The summed E-state index contributed by atoms with van der Waals surface area (Å²) in [5, 5.41) is 0.165. The summed E-state index contributed by atoms with van der Waals surface area (Å²) in [6.45, 7) is 0. The molecule has 0 heterocycles. The second-order valence-corrected chi connectivity index (χ2v) is 4.75. The minimum absolute atomic E-state index is 0.165. The van der Waals surface area contributed by atoms with Crippen LogP contribution in [-0.2, 0) is 10.1 Å². The normalized spacial score (nSPS) is 12.3. The summed E-state index contributed by atoms with van der Waals surface area (Å²) in [5.74, 6) is -0.806. The van der Waals surface area contributed by atoms with Crippen LogP contribution in [0.3, 0.4) is 0 Å². The van der Waals surface area contributed by atoms with Crippen LogP contribution in [0.25, 0.3) is 0 Å². The third-order valence-corrected chi connectivity index (χ3v) is 2.81. The molecule has 0 saturated carbocycles. The van der Waals surface area contributed by atoms with E-state index >= 15 is 0 Å². The maximum absolute atomic E-state index is 12.1. The lowest BCUT2D eigenvalue weighted by Crippen LogP contribution is -2.28. The summed E-state index contributed by atoms with van der Waals surface area (Å²) in [6.07, 6.45) is 0. The Morgan fingerprint density at radius 2 is 1.82 bits per heavy atom. The third-order valence-electron chi connectivity index (χ3n) is 1.61. The van der Waals surface area contributed by atoms with Crippen LogP contribution >= 0.6 is 11.6 Å². The van der Waals surface area contributed by atoms with Crippen molar-refractivity contribution in [1.29, 1.82) is 0 Å². The molecule has 17 heavy (non-hydrogen) atoms. The average molecular weight is 291 g/mol. The lowest BCUT2D eigenvalue weighted by molar-refractivity contribution is -0.0500. The minimum Gasteiger partial charge on any atom is -0.493 e. The number of rotatable bonds is 3. The molecule has 0 unspecified atom stereocenters. The van der Waals surface area contributed by atoms with Crippen molar-refractivity contribution in [2.45, 2.75) is 5.51 Å². The third kappa shape index (κ3) is 3.16. The fourth-order valence-corrected chi connectivity index (χ4v) is 1.51. The lowest BCUT2D eigenvalue weighted by Gasteiger charge is -2.12. The van der Waals surface area contributed by atoms with Crippen LogP contribution in [0.5, 0.6) is 11.5 Å². The fraction of sp³-hybridized carbons (Fsp3) is 0.250. The van der Waals surface area contributed by atoms with Crippen LogP contribution in [-0.4, -0.2) is 21.0 Å². The molecule has 0 N–H and O–H groups in total. The monoisotopic (exact) mass is 290 g/mol. The molecule has 0 aliphatic carbocycles. The van der Waals surface area contributed by atoms with E-state index in [1.165, 1.54) is 6.07 Å². The van der Waals surface area contributed by atoms with Crippen molar-refractivity contribution < 1.29 is 30.5 Å². The molecule has 0 aliphatic rings. The summed E-state index contributed by atoms with van der Waals surface area (Å²) >= 11 is 5.55. The highest BCUT2D eigenvalue weighted by molar-refractivity contribution is 7.88. The summed E-state index contributed by atoms with van der Waals surface area (Å²) in [7, 11) is -4.58. The number of benzene rings is 1. The van der Waals surface area contributed by atoms with Gasteiger partial charge < -0.3 is 8.92 Å². The fourth-order valence-electron chi connectivity index (χ4n) is 0.876. The Kier molecular flexibility index (Phi) is 3.78. The molecule has 0 fully saturated rings. The van der Waals surface area contributed by atoms with Crippen molar-refractivity contribution in [2.24, 2.45) is 0 Å². The van der Waals surface area contributed by atoms with E-state index in [4.69, 9.17) is 11.6 Å². The Balaban J connectivity index is 3.13. The van der Waals surface area contributed by atoms with Crippen LogP contribution in [0.4, 0.5) is 13.2 Å².